The van der Waals surface area contributed by atoms with Crippen LogP contribution in [0.1, 0.15) is 24.5 Å². The van der Waals surface area contributed by atoms with Gasteiger partial charge >= 0.3 is 0 Å². The van der Waals surface area contributed by atoms with E-state index in [1.807, 2.05) is 51.1 Å². The smallest absolute Gasteiger partial charge is 0.265 e. The molecule has 4 heteroatoms. The number of halogens is 1. The molecule has 1 unspecified atom stereocenters. The number of aryl methyl sites for hydroxylation is 2. The Kier molecular flexibility index (Phi) is 5.45. The topological polar surface area (TPSA) is 38.3 Å². The first-order chi connectivity index (χ1) is 10.5. The van der Waals surface area contributed by atoms with Crippen molar-refractivity contribution in [3.8, 4) is 5.75 Å². The fourth-order valence-corrected chi connectivity index (χ4v) is 2.37. The maximum atomic E-state index is 12.4. The molecule has 1 atom stereocenters. The van der Waals surface area contributed by atoms with E-state index in [0.717, 1.165) is 11.3 Å². The molecule has 0 aromatic heterocycles. The number of amides is 1. The second-order valence-electron chi connectivity index (χ2n) is 5.25. The molecule has 116 valence electrons. The quantitative estimate of drug-likeness (QED) is 0.864. The van der Waals surface area contributed by atoms with Gasteiger partial charge < -0.3 is 10.1 Å². The van der Waals surface area contributed by atoms with Gasteiger partial charge in [-0.05, 0) is 44.0 Å². The van der Waals surface area contributed by atoms with E-state index >= 15 is 0 Å². The van der Waals surface area contributed by atoms with E-state index < -0.39 is 6.10 Å². The highest BCUT2D eigenvalue weighted by molar-refractivity contribution is 6.33. The van der Waals surface area contributed by atoms with Gasteiger partial charge in [-0.1, -0.05) is 48.4 Å². The Labute approximate surface area is 136 Å². The monoisotopic (exact) mass is 317 g/mol. The van der Waals surface area contributed by atoms with Crippen LogP contribution in [0.4, 0.5) is 5.69 Å². The van der Waals surface area contributed by atoms with Crippen LogP contribution >= 0.6 is 11.6 Å². The highest BCUT2D eigenvalue weighted by Crippen LogP contribution is 2.23. The number of hydrogen-bond donors (Lipinski definition) is 1. The zero-order valence-electron chi connectivity index (χ0n) is 13.0. The molecule has 0 saturated carbocycles. The molecule has 0 heterocycles. The van der Waals surface area contributed by atoms with E-state index in [9.17, 15) is 4.79 Å². The summed E-state index contributed by atoms with van der Waals surface area (Å²) in [6.07, 6.45) is 0.0153. The number of carbonyl (C=O) groups is 1. The van der Waals surface area contributed by atoms with Crippen molar-refractivity contribution >= 4 is 23.2 Å². The van der Waals surface area contributed by atoms with E-state index in [1.54, 1.807) is 12.1 Å². The lowest BCUT2D eigenvalue weighted by Gasteiger charge is -2.19. The summed E-state index contributed by atoms with van der Waals surface area (Å²) in [5, 5.41) is 3.33. The Morgan fingerprint density at radius 2 is 1.95 bits per heavy atom. The maximum Gasteiger partial charge on any atom is 0.265 e. The third-order valence-corrected chi connectivity index (χ3v) is 3.72. The SMILES string of the molecule is CCC(Oc1ccc(C)cc1C)C(=O)Nc1ccccc1Cl. The minimum Gasteiger partial charge on any atom is -0.480 e. The molecule has 0 bridgehead atoms. The Morgan fingerprint density at radius 1 is 1.23 bits per heavy atom. The molecule has 0 radical (unpaired) electrons. The van der Waals surface area contributed by atoms with Crippen LogP contribution in [-0.4, -0.2) is 12.0 Å². The highest BCUT2D eigenvalue weighted by atomic mass is 35.5. The third-order valence-electron chi connectivity index (χ3n) is 3.39. The Hall–Kier alpha value is -2.00. The minimum absolute atomic E-state index is 0.199. The Balaban J connectivity index is 2.11. The van der Waals surface area contributed by atoms with Crippen LogP contribution in [-0.2, 0) is 4.79 Å². The molecule has 0 aliphatic heterocycles. The number of carbonyl (C=O) groups excluding carboxylic acids is 1. The van der Waals surface area contributed by atoms with Gasteiger partial charge in [-0.15, -0.1) is 0 Å². The summed E-state index contributed by atoms with van der Waals surface area (Å²) in [7, 11) is 0. The molecule has 2 aromatic rings. The predicted octanol–water partition coefficient (Wildman–Crippen LogP) is 4.75. The number of nitrogens with one attached hydrogen (secondary N) is 1. The van der Waals surface area contributed by atoms with Crippen LogP contribution in [0.3, 0.4) is 0 Å². The van der Waals surface area contributed by atoms with Crippen LogP contribution in [0.15, 0.2) is 42.5 Å². The summed E-state index contributed by atoms with van der Waals surface area (Å²) in [6.45, 7) is 5.92. The largest absolute Gasteiger partial charge is 0.480 e. The highest BCUT2D eigenvalue weighted by Gasteiger charge is 2.20. The fraction of sp³-hybridized carbons (Fsp3) is 0.278. The Morgan fingerprint density at radius 3 is 2.59 bits per heavy atom. The summed E-state index contributed by atoms with van der Waals surface area (Å²) >= 11 is 6.06. The first-order valence-corrected chi connectivity index (χ1v) is 7.68. The molecule has 0 spiro atoms. The van der Waals surface area contributed by atoms with E-state index in [0.29, 0.717) is 17.1 Å². The lowest BCUT2D eigenvalue weighted by atomic mass is 10.1. The standard InChI is InChI=1S/C18H20ClNO2/c1-4-16(22-17-10-9-12(2)11-13(17)3)18(21)20-15-8-6-5-7-14(15)19/h5-11,16H,4H2,1-3H3,(H,20,21). The van der Waals surface area contributed by atoms with Crippen molar-refractivity contribution in [2.45, 2.75) is 33.3 Å². The molecule has 22 heavy (non-hydrogen) atoms. The zero-order valence-corrected chi connectivity index (χ0v) is 13.8. The van der Waals surface area contributed by atoms with Crippen molar-refractivity contribution in [3.05, 3.63) is 58.6 Å². The van der Waals surface area contributed by atoms with Crippen molar-refractivity contribution in [2.24, 2.45) is 0 Å². The second-order valence-corrected chi connectivity index (χ2v) is 5.66. The molecular formula is C18H20ClNO2. The van der Waals surface area contributed by atoms with E-state index in [2.05, 4.69) is 5.32 Å². The van der Waals surface area contributed by atoms with Crippen molar-refractivity contribution in [1.29, 1.82) is 0 Å². The van der Waals surface area contributed by atoms with Crippen LogP contribution in [0.2, 0.25) is 5.02 Å². The Bertz CT molecular complexity index is 670. The number of para-hydroxylation sites is 1. The van der Waals surface area contributed by atoms with Gasteiger partial charge in [0.05, 0.1) is 10.7 Å². The second kappa shape index (κ2) is 7.32. The van der Waals surface area contributed by atoms with Crippen molar-refractivity contribution in [3.63, 3.8) is 0 Å². The molecule has 0 aliphatic carbocycles. The van der Waals surface area contributed by atoms with Gasteiger partial charge in [0.1, 0.15) is 5.75 Å². The molecule has 0 fully saturated rings. The molecule has 1 N–H and O–H groups in total. The lowest BCUT2D eigenvalue weighted by molar-refractivity contribution is -0.122. The third kappa shape index (κ3) is 4.01. The predicted molar refractivity (Wildman–Crippen MR) is 90.7 cm³/mol. The van der Waals surface area contributed by atoms with Crippen molar-refractivity contribution in [1.82, 2.24) is 0 Å². The van der Waals surface area contributed by atoms with Gasteiger partial charge in [0.25, 0.3) is 5.91 Å². The number of benzene rings is 2. The van der Waals surface area contributed by atoms with Crippen molar-refractivity contribution < 1.29 is 9.53 Å². The van der Waals surface area contributed by atoms with Gasteiger partial charge in [-0.3, -0.25) is 4.79 Å². The number of rotatable bonds is 5. The summed E-state index contributed by atoms with van der Waals surface area (Å²) in [6, 6.07) is 13.1. The van der Waals surface area contributed by atoms with Crippen LogP contribution in [0.25, 0.3) is 0 Å². The zero-order chi connectivity index (χ0) is 16.1. The molecule has 0 aliphatic rings. The number of anilines is 1. The first-order valence-electron chi connectivity index (χ1n) is 7.30. The van der Waals surface area contributed by atoms with Gasteiger partial charge in [-0.25, -0.2) is 0 Å². The first kappa shape index (κ1) is 16.4. The van der Waals surface area contributed by atoms with E-state index in [-0.39, 0.29) is 5.91 Å². The number of hydrogen-bond acceptors (Lipinski definition) is 2. The van der Waals surface area contributed by atoms with Crippen LogP contribution in [0, 0.1) is 13.8 Å². The maximum absolute atomic E-state index is 12.4. The van der Waals surface area contributed by atoms with Gasteiger partial charge in [0.15, 0.2) is 6.10 Å². The molecule has 0 saturated heterocycles. The average Bonchev–Trinajstić information content (AvgIpc) is 2.49. The summed E-state index contributed by atoms with van der Waals surface area (Å²) in [5.74, 6) is 0.530. The van der Waals surface area contributed by atoms with Crippen LogP contribution < -0.4 is 10.1 Å². The van der Waals surface area contributed by atoms with Crippen molar-refractivity contribution in [2.75, 3.05) is 5.32 Å². The molecule has 2 aromatic carbocycles. The molecule has 2 rings (SSSR count). The summed E-state index contributed by atoms with van der Waals surface area (Å²) < 4.78 is 5.87. The number of ether oxygens (including phenoxy) is 1. The minimum atomic E-state index is -0.558. The van der Waals surface area contributed by atoms with Gasteiger partial charge in [0, 0.05) is 0 Å². The molecular weight excluding hydrogens is 298 g/mol. The van der Waals surface area contributed by atoms with E-state index in [4.69, 9.17) is 16.3 Å². The van der Waals surface area contributed by atoms with Crippen LogP contribution in [0.5, 0.6) is 5.75 Å². The average molecular weight is 318 g/mol. The van der Waals surface area contributed by atoms with Gasteiger partial charge in [0.2, 0.25) is 0 Å². The molecule has 3 nitrogen and oxygen atoms in total. The molecule has 1 amide bonds. The fourth-order valence-electron chi connectivity index (χ4n) is 2.18. The summed E-state index contributed by atoms with van der Waals surface area (Å²) in [4.78, 5) is 12.4. The normalized spacial score (nSPS) is 11.8. The van der Waals surface area contributed by atoms with E-state index in [1.165, 1.54) is 5.56 Å². The summed E-state index contributed by atoms with van der Waals surface area (Å²) in [5.41, 5.74) is 2.78. The van der Waals surface area contributed by atoms with Gasteiger partial charge in [-0.2, -0.15) is 0 Å². The lowest BCUT2D eigenvalue weighted by Crippen LogP contribution is -2.32.